The molecule has 3 nitrogen and oxygen atoms in total. The van der Waals surface area contributed by atoms with E-state index in [0.29, 0.717) is 17.9 Å². The molecule has 16 heavy (non-hydrogen) atoms. The van der Waals surface area contributed by atoms with E-state index in [-0.39, 0.29) is 5.78 Å². The second-order valence-corrected chi connectivity index (χ2v) is 4.06. The van der Waals surface area contributed by atoms with Gasteiger partial charge in [0.05, 0.1) is 12.2 Å². The van der Waals surface area contributed by atoms with Crippen LogP contribution in [0, 0.1) is 0 Å². The summed E-state index contributed by atoms with van der Waals surface area (Å²) in [6, 6.07) is 7.37. The summed E-state index contributed by atoms with van der Waals surface area (Å²) in [5.74, 6) is 0.733. The first-order valence-corrected chi connectivity index (χ1v) is 5.48. The molecule has 1 rings (SSSR count). The van der Waals surface area contributed by atoms with Crippen LogP contribution in [-0.4, -0.2) is 37.9 Å². The molecule has 0 fully saturated rings. The molecule has 0 aliphatic heterocycles. The lowest BCUT2D eigenvalue weighted by atomic mass is 10.1. The van der Waals surface area contributed by atoms with E-state index in [9.17, 15) is 4.79 Å². The quantitative estimate of drug-likeness (QED) is 0.545. The molecule has 0 spiro atoms. The van der Waals surface area contributed by atoms with Crippen LogP contribution in [0.1, 0.15) is 23.7 Å². The van der Waals surface area contributed by atoms with Crippen LogP contribution in [0.3, 0.4) is 0 Å². The third kappa shape index (κ3) is 4.03. The molecule has 0 amide bonds. The van der Waals surface area contributed by atoms with E-state index in [2.05, 4.69) is 4.90 Å². The minimum absolute atomic E-state index is 0.0446. The van der Waals surface area contributed by atoms with Crippen molar-refractivity contribution in [1.29, 1.82) is 0 Å². The maximum atomic E-state index is 11.3. The number of carbonyl (C=O) groups excluding carboxylic acids is 1. The number of benzene rings is 1. The molecule has 0 bridgehead atoms. The van der Waals surface area contributed by atoms with Gasteiger partial charge in [0.2, 0.25) is 0 Å². The third-order valence-corrected chi connectivity index (χ3v) is 2.27. The first-order valence-electron chi connectivity index (χ1n) is 5.48. The molecule has 0 atom stereocenters. The van der Waals surface area contributed by atoms with Crippen LogP contribution in [0.5, 0.6) is 5.75 Å². The van der Waals surface area contributed by atoms with Gasteiger partial charge in [-0.05, 0) is 39.6 Å². The molecule has 0 N–H and O–H groups in total. The smallest absolute Gasteiger partial charge is 0.163 e. The van der Waals surface area contributed by atoms with E-state index < -0.39 is 0 Å². The van der Waals surface area contributed by atoms with Gasteiger partial charge < -0.3 is 9.64 Å². The Bertz CT molecular complexity index is 348. The largest absolute Gasteiger partial charge is 0.493 e. The highest BCUT2D eigenvalue weighted by Crippen LogP contribution is 2.18. The molecule has 0 aliphatic carbocycles. The van der Waals surface area contributed by atoms with Gasteiger partial charge in [-0.25, -0.2) is 0 Å². The van der Waals surface area contributed by atoms with Crippen molar-refractivity contribution in [3.63, 3.8) is 0 Å². The number of ketones is 1. The fourth-order valence-corrected chi connectivity index (χ4v) is 1.45. The number of carbonyl (C=O) groups is 1. The number of rotatable bonds is 6. The Hall–Kier alpha value is -1.35. The normalized spacial score (nSPS) is 10.5. The molecular weight excluding hydrogens is 202 g/mol. The topological polar surface area (TPSA) is 29.5 Å². The van der Waals surface area contributed by atoms with Gasteiger partial charge in [0.1, 0.15) is 5.75 Å². The predicted molar refractivity (Wildman–Crippen MR) is 65.1 cm³/mol. The Morgan fingerprint density at radius 1 is 1.31 bits per heavy atom. The standard InChI is InChI=1S/C13H19NO2/c1-11(15)12-7-4-5-8-13(12)16-10-6-9-14(2)3/h4-5,7-8H,6,9-10H2,1-3H3. The first-order chi connectivity index (χ1) is 7.61. The van der Waals surface area contributed by atoms with Gasteiger partial charge in [-0.1, -0.05) is 12.1 Å². The number of hydrogen-bond donors (Lipinski definition) is 0. The molecule has 3 heteroatoms. The van der Waals surface area contributed by atoms with E-state index in [1.807, 2.05) is 32.3 Å². The second kappa shape index (κ2) is 6.28. The third-order valence-electron chi connectivity index (χ3n) is 2.27. The van der Waals surface area contributed by atoms with Crippen LogP contribution >= 0.6 is 0 Å². The molecule has 88 valence electrons. The SMILES string of the molecule is CC(=O)c1ccccc1OCCCN(C)C. The highest BCUT2D eigenvalue weighted by molar-refractivity contribution is 5.96. The van der Waals surface area contributed by atoms with Crippen molar-refractivity contribution in [2.45, 2.75) is 13.3 Å². The summed E-state index contributed by atoms with van der Waals surface area (Å²) in [4.78, 5) is 13.4. The first kappa shape index (κ1) is 12.7. The molecule has 0 saturated heterocycles. The molecule has 1 aromatic carbocycles. The van der Waals surface area contributed by atoms with Crippen LogP contribution < -0.4 is 4.74 Å². The number of nitrogens with zero attached hydrogens (tertiary/aromatic N) is 1. The maximum absolute atomic E-state index is 11.3. The van der Waals surface area contributed by atoms with Crippen molar-refractivity contribution >= 4 is 5.78 Å². The van der Waals surface area contributed by atoms with E-state index in [1.165, 1.54) is 0 Å². The fraction of sp³-hybridized carbons (Fsp3) is 0.462. The average molecular weight is 221 g/mol. The molecule has 0 unspecified atom stereocenters. The van der Waals surface area contributed by atoms with Gasteiger partial charge >= 0.3 is 0 Å². The monoisotopic (exact) mass is 221 g/mol. The Morgan fingerprint density at radius 3 is 2.62 bits per heavy atom. The number of hydrogen-bond acceptors (Lipinski definition) is 3. The van der Waals surface area contributed by atoms with Crippen molar-refractivity contribution in [3.8, 4) is 5.75 Å². The molecule has 0 aliphatic rings. The van der Waals surface area contributed by atoms with Gasteiger partial charge in [0.25, 0.3) is 0 Å². The van der Waals surface area contributed by atoms with Crippen molar-refractivity contribution in [1.82, 2.24) is 4.90 Å². The van der Waals surface area contributed by atoms with Crippen LogP contribution in [-0.2, 0) is 0 Å². The molecule has 0 heterocycles. The highest BCUT2D eigenvalue weighted by Gasteiger charge is 2.06. The van der Waals surface area contributed by atoms with E-state index in [4.69, 9.17) is 4.74 Å². The van der Waals surface area contributed by atoms with Crippen molar-refractivity contribution in [2.75, 3.05) is 27.2 Å². The lowest BCUT2D eigenvalue weighted by Gasteiger charge is -2.12. The summed E-state index contributed by atoms with van der Waals surface area (Å²) in [5.41, 5.74) is 0.660. The lowest BCUT2D eigenvalue weighted by molar-refractivity contribution is 0.101. The molecule has 0 saturated carbocycles. The number of para-hydroxylation sites is 1. The minimum atomic E-state index is 0.0446. The lowest BCUT2D eigenvalue weighted by Crippen LogP contribution is -2.15. The van der Waals surface area contributed by atoms with Crippen molar-refractivity contribution in [2.24, 2.45) is 0 Å². The summed E-state index contributed by atoms with van der Waals surface area (Å²) in [7, 11) is 4.06. The minimum Gasteiger partial charge on any atom is -0.493 e. The Morgan fingerprint density at radius 2 is 2.00 bits per heavy atom. The summed E-state index contributed by atoms with van der Waals surface area (Å²) in [6.07, 6.45) is 0.958. The van der Waals surface area contributed by atoms with Crippen molar-refractivity contribution < 1.29 is 9.53 Å². The summed E-state index contributed by atoms with van der Waals surface area (Å²) in [6.45, 7) is 3.19. The molecule has 1 aromatic rings. The summed E-state index contributed by atoms with van der Waals surface area (Å²) < 4.78 is 5.60. The summed E-state index contributed by atoms with van der Waals surface area (Å²) >= 11 is 0. The Labute approximate surface area is 97.0 Å². The zero-order chi connectivity index (χ0) is 12.0. The zero-order valence-corrected chi connectivity index (χ0v) is 10.2. The average Bonchev–Trinajstić information content (AvgIpc) is 2.24. The highest BCUT2D eigenvalue weighted by atomic mass is 16.5. The summed E-state index contributed by atoms with van der Waals surface area (Å²) in [5, 5.41) is 0. The Balaban J connectivity index is 2.50. The van der Waals surface area contributed by atoms with Crippen LogP contribution in [0.4, 0.5) is 0 Å². The van der Waals surface area contributed by atoms with Gasteiger partial charge in [0, 0.05) is 6.54 Å². The van der Waals surface area contributed by atoms with Gasteiger partial charge in [-0.2, -0.15) is 0 Å². The zero-order valence-electron chi connectivity index (χ0n) is 10.2. The molecular formula is C13H19NO2. The van der Waals surface area contributed by atoms with Crippen LogP contribution in [0.2, 0.25) is 0 Å². The van der Waals surface area contributed by atoms with E-state index >= 15 is 0 Å². The predicted octanol–water partition coefficient (Wildman–Crippen LogP) is 2.22. The van der Waals surface area contributed by atoms with Gasteiger partial charge in [-0.3, -0.25) is 4.79 Å². The number of ether oxygens (including phenoxy) is 1. The van der Waals surface area contributed by atoms with Crippen molar-refractivity contribution in [3.05, 3.63) is 29.8 Å². The number of Topliss-reactive ketones (excluding diaryl/α,β-unsaturated/α-hetero) is 1. The van der Waals surface area contributed by atoms with E-state index in [0.717, 1.165) is 13.0 Å². The maximum Gasteiger partial charge on any atom is 0.163 e. The van der Waals surface area contributed by atoms with E-state index in [1.54, 1.807) is 13.0 Å². The molecule has 0 radical (unpaired) electrons. The Kier molecular flexibility index (Phi) is 4.99. The van der Waals surface area contributed by atoms with Crippen LogP contribution in [0.15, 0.2) is 24.3 Å². The van der Waals surface area contributed by atoms with Crippen LogP contribution in [0.25, 0.3) is 0 Å². The van der Waals surface area contributed by atoms with Gasteiger partial charge in [0.15, 0.2) is 5.78 Å². The molecule has 0 aromatic heterocycles. The van der Waals surface area contributed by atoms with Gasteiger partial charge in [-0.15, -0.1) is 0 Å². The fourth-order valence-electron chi connectivity index (χ4n) is 1.45. The second-order valence-electron chi connectivity index (χ2n) is 4.06.